The van der Waals surface area contributed by atoms with Crippen LogP contribution in [-0.4, -0.2) is 25.0 Å². The summed E-state index contributed by atoms with van der Waals surface area (Å²) in [6.45, 7) is 2.80. The summed E-state index contributed by atoms with van der Waals surface area (Å²) in [4.78, 5) is 2.55. The Morgan fingerprint density at radius 1 is 1.09 bits per heavy atom. The highest BCUT2D eigenvalue weighted by atomic mass is 15.1. The minimum absolute atomic E-state index is 0.895. The minimum atomic E-state index is 0.895. The first-order chi connectivity index (χ1) is 5.31. The van der Waals surface area contributed by atoms with Gasteiger partial charge in [-0.2, -0.15) is 0 Å². The molecule has 0 aromatic carbocycles. The molecule has 0 aromatic heterocycles. The first-order valence-electron chi connectivity index (χ1n) is 5.00. The molecule has 0 N–H and O–H groups in total. The third kappa shape index (κ3) is 0.618. The van der Waals surface area contributed by atoms with Gasteiger partial charge in [0, 0.05) is 13.1 Å². The number of piperidine rings is 1. The molecule has 0 bridgehead atoms. The predicted octanol–water partition coefficient (Wildman–Crippen LogP) is 1.74. The van der Waals surface area contributed by atoms with Gasteiger partial charge in [0.1, 0.15) is 0 Å². The Labute approximate surface area is 68.8 Å². The molecule has 1 nitrogen and oxygen atoms in total. The highest BCUT2D eigenvalue weighted by Crippen LogP contribution is 2.65. The van der Waals surface area contributed by atoms with Crippen molar-refractivity contribution in [3.05, 3.63) is 0 Å². The van der Waals surface area contributed by atoms with E-state index in [1.54, 1.807) is 12.8 Å². The molecule has 2 saturated carbocycles. The second-order valence-corrected chi connectivity index (χ2v) is 4.93. The van der Waals surface area contributed by atoms with Crippen molar-refractivity contribution >= 4 is 0 Å². The summed E-state index contributed by atoms with van der Waals surface area (Å²) in [5, 5.41) is 0. The molecule has 0 radical (unpaired) electrons. The summed E-state index contributed by atoms with van der Waals surface area (Å²) in [7, 11) is 2.29. The standard InChI is InChI=1S/C10H17N/c1-11-6-8-2-4-10(8)5-3-9(10)7-11/h8-9H,2-7H2,1H3. The van der Waals surface area contributed by atoms with Gasteiger partial charge in [0.15, 0.2) is 0 Å². The third-order valence-electron chi connectivity index (χ3n) is 4.61. The molecule has 1 aliphatic heterocycles. The van der Waals surface area contributed by atoms with E-state index in [2.05, 4.69) is 11.9 Å². The summed E-state index contributed by atoms with van der Waals surface area (Å²) >= 11 is 0. The fourth-order valence-electron chi connectivity index (χ4n) is 3.68. The summed E-state index contributed by atoms with van der Waals surface area (Å²) in [6, 6.07) is 0. The molecule has 1 spiro atoms. The quantitative estimate of drug-likeness (QED) is 0.509. The molecular formula is C10H17N. The van der Waals surface area contributed by atoms with Gasteiger partial charge in [0.2, 0.25) is 0 Å². The van der Waals surface area contributed by atoms with Crippen LogP contribution in [0.3, 0.4) is 0 Å². The van der Waals surface area contributed by atoms with E-state index in [-0.39, 0.29) is 0 Å². The van der Waals surface area contributed by atoms with Crippen molar-refractivity contribution < 1.29 is 0 Å². The Bertz CT molecular complexity index is 167. The van der Waals surface area contributed by atoms with Crippen LogP contribution in [0.5, 0.6) is 0 Å². The van der Waals surface area contributed by atoms with E-state index in [0.29, 0.717) is 0 Å². The lowest BCUT2D eigenvalue weighted by atomic mass is 9.43. The van der Waals surface area contributed by atoms with Gasteiger partial charge in [-0.3, -0.25) is 0 Å². The molecular weight excluding hydrogens is 134 g/mol. The number of rotatable bonds is 0. The molecule has 3 aliphatic rings. The second-order valence-electron chi connectivity index (χ2n) is 4.93. The van der Waals surface area contributed by atoms with Crippen LogP contribution < -0.4 is 0 Å². The lowest BCUT2D eigenvalue weighted by Gasteiger charge is -2.66. The molecule has 3 fully saturated rings. The molecule has 1 heterocycles. The van der Waals surface area contributed by atoms with Crippen molar-refractivity contribution in [3.8, 4) is 0 Å². The fourth-order valence-corrected chi connectivity index (χ4v) is 3.68. The molecule has 0 amide bonds. The number of hydrogen-bond acceptors (Lipinski definition) is 1. The Kier molecular flexibility index (Phi) is 1.07. The highest BCUT2D eigenvalue weighted by molar-refractivity contribution is 5.09. The van der Waals surface area contributed by atoms with E-state index in [1.165, 1.54) is 25.9 Å². The minimum Gasteiger partial charge on any atom is -0.306 e. The maximum atomic E-state index is 2.55. The summed E-state index contributed by atoms with van der Waals surface area (Å²) < 4.78 is 0. The number of hydrogen-bond donors (Lipinski definition) is 0. The smallest absolute Gasteiger partial charge is 0.00122 e. The van der Waals surface area contributed by atoms with Gasteiger partial charge >= 0.3 is 0 Å². The Balaban J connectivity index is 1.85. The van der Waals surface area contributed by atoms with Crippen LogP contribution >= 0.6 is 0 Å². The van der Waals surface area contributed by atoms with Gasteiger partial charge in [0.05, 0.1) is 0 Å². The molecule has 1 heteroatoms. The van der Waals surface area contributed by atoms with Crippen LogP contribution in [-0.2, 0) is 0 Å². The van der Waals surface area contributed by atoms with Crippen LogP contribution in [0.15, 0.2) is 0 Å². The van der Waals surface area contributed by atoms with Crippen molar-refractivity contribution in [1.29, 1.82) is 0 Å². The van der Waals surface area contributed by atoms with Crippen molar-refractivity contribution in [1.82, 2.24) is 4.90 Å². The van der Waals surface area contributed by atoms with Gasteiger partial charge in [0.25, 0.3) is 0 Å². The summed E-state index contributed by atoms with van der Waals surface area (Å²) in [6.07, 6.45) is 6.19. The van der Waals surface area contributed by atoms with Crippen LogP contribution in [0.25, 0.3) is 0 Å². The maximum Gasteiger partial charge on any atom is 0.00122 e. The van der Waals surface area contributed by atoms with Crippen molar-refractivity contribution in [2.24, 2.45) is 17.3 Å². The third-order valence-corrected chi connectivity index (χ3v) is 4.61. The zero-order chi connectivity index (χ0) is 7.47. The van der Waals surface area contributed by atoms with Gasteiger partial charge in [-0.15, -0.1) is 0 Å². The van der Waals surface area contributed by atoms with E-state index in [1.807, 2.05) is 0 Å². The first kappa shape index (κ1) is 6.47. The first-order valence-corrected chi connectivity index (χ1v) is 5.00. The van der Waals surface area contributed by atoms with Gasteiger partial charge in [-0.25, -0.2) is 0 Å². The van der Waals surface area contributed by atoms with E-state index in [0.717, 1.165) is 17.3 Å². The van der Waals surface area contributed by atoms with Crippen LogP contribution in [0.4, 0.5) is 0 Å². The molecule has 62 valence electrons. The van der Waals surface area contributed by atoms with Crippen LogP contribution in [0, 0.1) is 17.3 Å². The largest absolute Gasteiger partial charge is 0.306 e. The SMILES string of the molecule is CN1CC2CCC23CCC3C1. The molecule has 0 aromatic rings. The zero-order valence-electron chi connectivity index (χ0n) is 7.34. The fraction of sp³-hybridized carbons (Fsp3) is 1.00. The Hall–Kier alpha value is -0.0400. The maximum absolute atomic E-state index is 2.55. The molecule has 2 atom stereocenters. The number of nitrogens with zero attached hydrogens (tertiary/aromatic N) is 1. The Morgan fingerprint density at radius 3 is 2.00 bits per heavy atom. The topological polar surface area (TPSA) is 3.24 Å². The average Bonchev–Trinajstić information content (AvgIpc) is 1.89. The van der Waals surface area contributed by atoms with Gasteiger partial charge in [-0.05, 0) is 50.0 Å². The zero-order valence-corrected chi connectivity index (χ0v) is 7.34. The van der Waals surface area contributed by atoms with E-state index < -0.39 is 0 Å². The van der Waals surface area contributed by atoms with E-state index in [4.69, 9.17) is 0 Å². The van der Waals surface area contributed by atoms with Crippen molar-refractivity contribution in [3.63, 3.8) is 0 Å². The lowest BCUT2D eigenvalue weighted by molar-refractivity contribution is -0.161. The highest BCUT2D eigenvalue weighted by Gasteiger charge is 2.59. The second kappa shape index (κ2) is 1.82. The van der Waals surface area contributed by atoms with Gasteiger partial charge in [-0.1, -0.05) is 0 Å². The predicted molar refractivity (Wildman–Crippen MR) is 45.4 cm³/mol. The molecule has 3 rings (SSSR count). The molecule has 2 aliphatic carbocycles. The average molecular weight is 151 g/mol. The van der Waals surface area contributed by atoms with Crippen LogP contribution in [0.2, 0.25) is 0 Å². The summed E-state index contributed by atoms with van der Waals surface area (Å²) in [5.41, 5.74) is 0.895. The van der Waals surface area contributed by atoms with Gasteiger partial charge < -0.3 is 4.90 Å². The van der Waals surface area contributed by atoms with Crippen LogP contribution in [0.1, 0.15) is 25.7 Å². The van der Waals surface area contributed by atoms with Crippen molar-refractivity contribution in [2.45, 2.75) is 25.7 Å². The monoisotopic (exact) mass is 151 g/mol. The molecule has 11 heavy (non-hydrogen) atoms. The Morgan fingerprint density at radius 2 is 1.64 bits per heavy atom. The van der Waals surface area contributed by atoms with Crippen molar-refractivity contribution in [2.75, 3.05) is 20.1 Å². The normalized spacial score (nSPS) is 55.4. The van der Waals surface area contributed by atoms with E-state index >= 15 is 0 Å². The lowest BCUT2D eigenvalue weighted by Crippen LogP contribution is -2.62. The molecule has 2 unspecified atom stereocenters. The summed E-state index contributed by atoms with van der Waals surface area (Å²) in [5.74, 6) is 2.19. The molecule has 1 saturated heterocycles. The number of likely N-dealkylation sites (tertiary alicyclic amines) is 1. The van der Waals surface area contributed by atoms with E-state index in [9.17, 15) is 0 Å².